The second kappa shape index (κ2) is 38.6. The number of unbranched alkanes of at least 4 members (excludes halogenated alkanes) is 1. The van der Waals surface area contributed by atoms with E-state index in [0.717, 1.165) is 25.0 Å². The Morgan fingerprint density at radius 1 is 0.559 bits per heavy atom. The molecule has 2 aliphatic rings. The van der Waals surface area contributed by atoms with Gasteiger partial charge < -0.3 is 91.5 Å². The molecule has 2 fully saturated rings. The molecule has 0 radical (unpaired) electrons. The highest BCUT2D eigenvalue weighted by Crippen LogP contribution is 2.33. The number of hydrogen-bond acceptors (Lipinski definition) is 20. The van der Waals surface area contributed by atoms with E-state index in [1.54, 1.807) is 65.0 Å². The molecule has 29 heteroatoms. The van der Waals surface area contributed by atoms with Gasteiger partial charge in [-0.05, 0) is 149 Å². The van der Waals surface area contributed by atoms with Crippen LogP contribution in [0.3, 0.4) is 0 Å². The van der Waals surface area contributed by atoms with E-state index < -0.39 is 57.2 Å². The molecule has 1 aromatic rings. The first-order chi connectivity index (χ1) is 43.1. The molecular formula is C64H119N13O15S. The van der Waals surface area contributed by atoms with Gasteiger partial charge in [0.2, 0.25) is 23.6 Å². The van der Waals surface area contributed by atoms with Crippen LogP contribution in [0.2, 0.25) is 0 Å². The third-order valence-electron chi connectivity index (χ3n) is 15.3. The molecule has 5 atom stereocenters. The van der Waals surface area contributed by atoms with Gasteiger partial charge in [0, 0.05) is 82.5 Å². The molecule has 0 saturated carbocycles. The molecule has 2 unspecified atom stereocenters. The SMILES string of the molecule is CC(C)(C)OC(=O)NCCNC(=O)CCOC(C)(C)CCOC(C)(N)CCN(CCC(C)(C)OCCC(C)(N)OCCC(=O)NCCNC(=O)OC(C)(C)C)C(=O)CCOC(C)(C)CCOC(C)(C)CCn1cc(CNC(=O)CCCC[C@@H]2SC[C@@H]3NC(=O)N[C@@H]32)nn1. The smallest absolute Gasteiger partial charge is 0.407 e. The summed E-state index contributed by atoms with van der Waals surface area (Å²) in [5.41, 5.74) is 7.99. The van der Waals surface area contributed by atoms with Crippen LogP contribution >= 0.6 is 11.8 Å². The van der Waals surface area contributed by atoms with E-state index in [-0.39, 0.29) is 127 Å². The highest BCUT2D eigenvalue weighted by Gasteiger charge is 2.42. The number of ether oxygens (including phenoxy) is 8. The van der Waals surface area contributed by atoms with Gasteiger partial charge in [-0.2, -0.15) is 11.8 Å². The molecule has 2 saturated heterocycles. The van der Waals surface area contributed by atoms with Gasteiger partial charge in [0.1, 0.15) is 28.3 Å². The summed E-state index contributed by atoms with van der Waals surface area (Å²) in [4.78, 5) is 88.9. The first kappa shape index (κ1) is 82.1. The van der Waals surface area contributed by atoms with E-state index in [0.29, 0.717) is 82.1 Å². The maximum absolute atomic E-state index is 14.2. The molecule has 1 aromatic heterocycles. The van der Waals surface area contributed by atoms with Crippen molar-refractivity contribution >= 4 is 53.6 Å². The number of alkyl carbamates (subject to hydrolysis) is 2. The first-order valence-electron chi connectivity index (χ1n) is 33.1. The number of thioether (sulfide) groups is 1. The molecule has 0 spiro atoms. The first-order valence-corrected chi connectivity index (χ1v) is 34.2. The van der Waals surface area contributed by atoms with Crippen molar-refractivity contribution in [3.05, 3.63) is 11.9 Å². The summed E-state index contributed by atoms with van der Waals surface area (Å²) >= 11 is 1.88. The van der Waals surface area contributed by atoms with Gasteiger partial charge in [0.05, 0.1) is 99.7 Å². The third-order valence-corrected chi connectivity index (χ3v) is 16.8. The Hall–Kier alpha value is -5.14. The fourth-order valence-electron chi connectivity index (χ4n) is 9.56. The Kier molecular flexibility index (Phi) is 34.0. The number of aromatic nitrogens is 3. The summed E-state index contributed by atoms with van der Waals surface area (Å²) in [7, 11) is 0. The maximum atomic E-state index is 14.2. The Morgan fingerprint density at radius 3 is 1.60 bits per heavy atom. The molecule has 2 aliphatic heterocycles. The van der Waals surface area contributed by atoms with Crippen molar-refractivity contribution in [2.24, 2.45) is 11.5 Å². The number of rotatable bonds is 46. The molecular weight excluding hydrogens is 1220 g/mol. The molecule has 11 N–H and O–H groups in total. The van der Waals surface area contributed by atoms with Gasteiger partial charge in [-0.3, -0.25) is 23.9 Å². The van der Waals surface area contributed by atoms with Gasteiger partial charge in [0.25, 0.3) is 0 Å². The summed E-state index contributed by atoms with van der Waals surface area (Å²) in [6.45, 7) is 33.6. The largest absolute Gasteiger partial charge is 0.444 e. The van der Waals surface area contributed by atoms with Crippen LogP contribution in [0.4, 0.5) is 14.4 Å². The van der Waals surface area contributed by atoms with E-state index in [9.17, 15) is 33.6 Å². The number of nitrogens with one attached hydrogen (secondary N) is 7. The second-order valence-corrected chi connectivity index (χ2v) is 30.3. The minimum Gasteiger partial charge on any atom is -0.444 e. The summed E-state index contributed by atoms with van der Waals surface area (Å²) in [5.74, 6) is 0.293. The van der Waals surface area contributed by atoms with Crippen LogP contribution in [-0.2, 0) is 70.2 Å². The van der Waals surface area contributed by atoms with Crippen molar-refractivity contribution in [3.8, 4) is 0 Å². The zero-order chi connectivity index (χ0) is 69.7. The number of fused-ring (bicyclic) bond motifs is 1. The van der Waals surface area contributed by atoms with E-state index in [4.69, 9.17) is 49.4 Å². The number of amides is 8. The van der Waals surface area contributed by atoms with E-state index >= 15 is 0 Å². The normalized spacial score (nSPS) is 17.5. The topological polar surface area (TPSA) is 364 Å². The molecule has 0 aliphatic carbocycles. The zero-order valence-corrected chi connectivity index (χ0v) is 59.9. The lowest BCUT2D eigenvalue weighted by Crippen LogP contribution is -2.46. The van der Waals surface area contributed by atoms with Crippen LogP contribution in [-0.4, -0.2) is 209 Å². The van der Waals surface area contributed by atoms with Crippen LogP contribution in [0.5, 0.6) is 0 Å². The summed E-state index contributed by atoms with van der Waals surface area (Å²) in [6.07, 6.45) is 6.91. The number of carbonyl (C=O) groups is 7. The third kappa shape index (κ3) is 38.3. The highest BCUT2D eigenvalue weighted by molar-refractivity contribution is 8.00. The van der Waals surface area contributed by atoms with Crippen LogP contribution < -0.4 is 48.7 Å². The van der Waals surface area contributed by atoms with Crippen LogP contribution in [0.15, 0.2) is 6.20 Å². The molecule has 3 heterocycles. The molecule has 93 heavy (non-hydrogen) atoms. The Balaban J connectivity index is 1.46. The lowest BCUT2D eigenvalue weighted by Gasteiger charge is -2.34. The molecule has 8 amide bonds. The average molecular weight is 1340 g/mol. The van der Waals surface area contributed by atoms with Crippen molar-refractivity contribution in [2.75, 3.05) is 84.7 Å². The van der Waals surface area contributed by atoms with E-state index in [2.05, 4.69) is 47.5 Å². The molecule has 0 aromatic carbocycles. The Morgan fingerprint density at radius 2 is 1.02 bits per heavy atom. The summed E-state index contributed by atoms with van der Waals surface area (Å²) in [6, 6.07) is 0.275. The summed E-state index contributed by atoms with van der Waals surface area (Å²) < 4.78 is 49.4. The van der Waals surface area contributed by atoms with E-state index in [1.807, 2.05) is 73.3 Å². The monoisotopic (exact) mass is 1340 g/mol. The molecule has 3 rings (SSSR count). The Bertz CT molecular complexity index is 2380. The van der Waals surface area contributed by atoms with Crippen molar-refractivity contribution < 1.29 is 71.5 Å². The molecule has 28 nitrogen and oxygen atoms in total. The Labute approximate surface area is 557 Å². The lowest BCUT2D eigenvalue weighted by molar-refractivity contribution is -0.136. The van der Waals surface area contributed by atoms with Crippen molar-refractivity contribution in [2.45, 2.75) is 270 Å². The molecule has 0 bridgehead atoms. The maximum Gasteiger partial charge on any atom is 0.407 e. The number of nitrogens with zero attached hydrogens (tertiary/aromatic N) is 4. The number of aryl methyl sites for hydroxylation is 1. The number of carbonyl (C=O) groups excluding carboxylic acids is 7. The lowest BCUT2D eigenvalue weighted by atomic mass is 10.0. The van der Waals surface area contributed by atoms with Gasteiger partial charge in [-0.15, -0.1) is 5.10 Å². The van der Waals surface area contributed by atoms with E-state index in [1.165, 1.54) is 0 Å². The number of urea groups is 1. The minimum absolute atomic E-state index is 0.0309. The minimum atomic E-state index is -1.11. The standard InChI is InChI=1S/C64H119N13O15S/c1-57(2,3)91-55(83)69-32-30-67-50(79)21-37-85-62(13,14)28-41-90-63(15,65)26-35-76(34-24-59(7,8)88-42-29-64(16,66)89-38-22-51(80)68-31-33-70-56(84)92-58(4,5)6)52(81)23-39-86-61(11,12)27-40-87-60(9,10)25-36-77-44-46(74-75-77)43-71-49(78)20-18-17-19-48-53-47(45-93-48)72-54(82)73-53/h44,47-48,53H,17-43,45,65-66H2,1-16H3,(H,67,79)(H,68,80)(H,69,83)(H,70,84)(H,71,78)(H2,72,73,82)/t47-,48-,53-,63?,64?/m0/s1. The van der Waals surface area contributed by atoms with Gasteiger partial charge in [0.15, 0.2) is 0 Å². The molecule has 536 valence electrons. The van der Waals surface area contributed by atoms with Gasteiger partial charge in [-0.25, -0.2) is 14.4 Å². The van der Waals surface area contributed by atoms with Gasteiger partial charge in [-0.1, -0.05) is 11.6 Å². The quantitative estimate of drug-likeness (QED) is 0.0211. The fourth-order valence-corrected chi connectivity index (χ4v) is 11.1. The van der Waals surface area contributed by atoms with Crippen molar-refractivity contribution in [1.82, 2.24) is 57.1 Å². The predicted molar refractivity (Wildman–Crippen MR) is 356 cm³/mol. The van der Waals surface area contributed by atoms with Crippen molar-refractivity contribution in [3.63, 3.8) is 0 Å². The van der Waals surface area contributed by atoms with Crippen LogP contribution in [0.1, 0.15) is 200 Å². The fraction of sp³-hybridized carbons (Fsp3) is 0.859. The van der Waals surface area contributed by atoms with Gasteiger partial charge >= 0.3 is 18.2 Å². The second-order valence-electron chi connectivity index (χ2n) is 29.1. The van der Waals surface area contributed by atoms with Crippen molar-refractivity contribution in [1.29, 1.82) is 0 Å². The number of nitrogens with two attached hydrogens (primary N) is 2. The average Bonchev–Trinajstić information content (AvgIpc) is 1.68. The predicted octanol–water partition coefficient (Wildman–Crippen LogP) is 5.81. The van der Waals surface area contributed by atoms with Crippen LogP contribution in [0, 0.1) is 0 Å². The zero-order valence-electron chi connectivity index (χ0n) is 59.1. The highest BCUT2D eigenvalue weighted by atomic mass is 32.2. The number of hydrogen-bond donors (Lipinski definition) is 9. The van der Waals surface area contributed by atoms with Crippen LogP contribution in [0.25, 0.3) is 0 Å². The summed E-state index contributed by atoms with van der Waals surface area (Å²) in [5, 5.41) is 28.6.